The molecule has 23 heavy (non-hydrogen) atoms. The number of ether oxygens (including phenoxy) is 1. The number of hydrogen-bond acceptors (Lipinski definition) is 2. The van der Waals surface area contributed by atoms with Crippen LogP contribution in [0.25, 0.3) is 10.8 Å². The monoisotopic (exact) mass is 311 g/mol. The van der Waals surface area contributed by atoms with Gasteiger partial charge in [-0.15, -0.1) is 0 Å². The maximum atomic E-state index is 12.5. The molecule has 3 nitrogen and oxygen atoms in total. The fourth-order valence-electron chi connectivity index (χ4n) is 3.32. The summed E-state index contributed by atoms with van der Waals surface area (Å²) in [6.45, 7) is 2.00. The lowest BCUT2D eigenvalue weighted by Gasteiger charge is -2.25. The molecule has 1 amide bonds. The highest BCUT2D eigenvalue weighted by Gasteiger charge is 2.23. The lowest BCUT2D eigenvalue weighted by molar-refractivity contribution is -0.129. The van der Waals surface area contributed by atoms with Crippen LogP contribution in [0.15, 0.2) is 42.5 Å². The third-order valence-electron chi connectivity index (χ3n) is 4.63. The van der Waals surface area contributed by atoms with Crippen molar-refractivity contribution in [1.82, 2.24) is 5.32 Å². The van der Waals surface area contributed by atoms with E-state index >= 15 is 0 Å². The van der Waals surface area contributed by atoms with Crippen molar-refractivity contribution in [2.45, 2.75) is 57.6 Å². The predicted octanol–water partition coefficient (Wildman–Crippen LogP) is 4.45. The first kappa shape index (κ1) is 15.9. The highest BCUT2D eigenvalue weighted by molar-refractivity contribution is 5.89. The molecular weight excluding hydrogens is 286 g/mol. The predicted molar refractivity (Wildman–Crippen MR) is 93.7 cm³/mol. The first-order chi connectivity index (χ1) is 11.3. The minimum absolute atomic E-state index is 0.0207. The van der Waals surface area contributed by atoms with Crippen LogP contribution < -0.4 is 10.1 Å². The number of fused-ring (bicyclic) bond motifs is 1. The molecule has 1 N–H and O–H groups in total. The minimum atomic E-state index is -0.428. The number of rotatable bonds is 5. The third kappa shape index (κ3) is 3.84. The second kappa shape index (κ2) is 7.49. The summed E-state index contributed by atoms with van der Waals surface area (Å²) in [5.74, 6) is 0.807. The van der Waals surface area contributed by atoms with E-state index in [4.69, 9.17) is 4.74 Å². The Morgan fingerprint density at radius 1 is 1.13 bits per heavy atom. The van der Waals surface area contributed by atoms with Crippen LogP contribution in [-0.4, -0.2) is 18.1 Å². The van der Waals surface area contributed by atoms with Gasteiger partial charge in [-0.3, -0.25) is 4.79 Å². The van der Waals surface area contributed by atoms with Gasteiger partial charge in [-0.2, -0.15) is 0 Å². The summed E-state index contributed by atoms with van der Waals surface area (Å²) in [4.78, 5) is 12.5. The fraction of sp³-hybridized carbons (Fsp3) is 0.450. The largest absolute Gasteiger partial charge is 0.480 e. The molecule has 0 spiro atoms. The SMILES string of the molecule is CC[C@H](Oc1cccc2ccccc12)C(=O)NC1CCCCC1. The quantitative estimate of drug-likeness (QED) is 0.886. The zero-order chi connectivity index (χ0) is 16.1. The van der Waals surface area contributed by atoms with Gasteiger partial charge in [-0.1, -0.05) is 62.6 Å². The molecule has 2 aromatic rings. The molecule has 122 valence electrons. The molecule has 0 saturated heterocycles. The van der Waals surface area contributed by atoms with Gasteiger partial charge in [0.25, 0.3) is 5.91 Å². The Morgan fingerprint density at radius 3 is 2.65 bits per heavy atom. The molecule has 3 rings (SSSR count). The van der Waals surface area contributed by atoms with Crippen molar-refractivity contribution in [2.75, 3.05) is 0 Å². The van der Waals surface area contributed by atoms with Gasteiger partial charge in [0.15, 0.2) is 6.10 Å². The Labute approximate surface area is 138 Å². The third-order valence-corrected chi connectivity index (χ3v) is 4.63. The van der Waals surface area contributed by atoms with Crippen molar-refractivity contribution in [3.05, 3.63) is 42.5 Å². The zero-order valence-electron chi connectivity index (χ0n) is 13.8. The van der Waals surface area contributed by atoms with Crippen molar-refractivity contribution in [3.63, 3.8) is 0 Å². The standard InChI is InChI=1S/C20H25NO2/c1-2-18(20(22)21-16-11-4-3-5-12-16)23-19-14-8-10-15-9-6-7-13-17(15)19/h6-10,13-14,16,18H,2-5,11-12H2,1H3,(H,21,22)/t18-/m0/s1. The molecule has 3 heteroatoms. The van der Waals surface area contributed by atoms with Crippen LogP contribution in [0.2, 0.25) is 0 Å². The Bertz CT molecular complexity index is 656. The Kier molecular flexibility index (Phi) is 5.16. The van der Waals surface area contributed by atoms with Gasteiger partial charge in [0.2, 0.25) is 0 Å². The molecule has 1 saturated carbocycles. The number of carbonyl (C=O) groups is 1. The molecular formula is C20H25NO2. The van der Waals surface area contributed by atoms with Gasteiger partial charge in [0.1, 0.15) is 5.75 Å². The zero-order valence-corrected chi connectivity index (χ0v) is 13.8. The maximum absolute atomic E-state index is 12.5. The molecule has 0 heterocycles. The Balaban J connectivity index is 1.71. The average molecular weight is 311 g/mol. The van der Waals surface area contributed by atoms with Gasteiger partial charge in [-0.25, -0.2) is 0 Å². The Hall–Kier alpha value is -2.03. The van der Waals surface area contributed by atoms with E-state index in [1.807, 2.05) is 37.3 Å². The van der Waals surface area contributed by atoms with Gasteiger partial charge in [0.05, 0.1) is 0 Å². The van der Waals surface area contributed by atoms with E-state index in [2.05, 4.69) is 17.4 Å². The number of hydrogen-bond donors (Lipinski definition) is 1. The number of amides is 1. The molecule has 0 aliphatic heterocycles. The summed E-state index contributed by atoms with van der Waals surface area (Å²) >= 11 is 0. The van der Waals surface area contributed by atoms with Crippen LogP contribution >= 0.6 is 0 Å². The molecule has 0 aromatic heterocycles. The summed E-state index contributed by atoms with van der Waals surface area (Å²) in [6.07, 6.45) is 6.14. The van der Waals surface area contributed by atoms with E-state index in [0.717, 1.165) is 29.4 Å². The Morgan fingerprint density at radius 2 is 1.87 bits per heavy atom. The molecule has 2 aromatic carbocycles. The van der Waals surface area contributed by atoms with Gasteiger partial charge in [-0.05, 0) is 30.7 Å². The van der Waals surface area contributed by atoms with Crippen molar-refractivity contribution in [3.8, 4) is 5.75 Å². The van der Waals surface area contributed by atoms with Crippen molar-refractivity contribution >= 4 is 16.7 Å². The van der Waals surface area contributed by atoms with Crippen molar-refractivity contribution in [1.29, 1.82) is 0 Å². The molecule has 0 unspecified atom stereocenters. The van der Waals surface area contributed by atoms with Crippen LogP contribution in [0.3, 0.4) is 0 Å². The molecule has 1 fully saturated rings. The number of carbonyl (C=O) groups excluding carboxylic acids is 1. The summed E-state index contributed by atoms with van der Waals surface area (Å²) in [7, 11) is 0. The summed E-state index contributed by atoms with van der Waals surface area (Å²) in [5, 5.41) is 5.36. The molecule has 1 aliphatic rings. The summed E-state index contributed by atoms with van der Waals surface area (Å²) < 4.78 is 6.07. The van der Waals surface area contributed by atoms with Crippen LogP contribution in [-0.2, 0) is 4.79 Å². The number of nitrogens with one attached hydrogen (secondary N) is 1. The average Bonchev–Trinajstić information content (AvgIpc) is 2.60. The second-order valence-corrected chi connectivity index (χ2v) is 6.34. The first-order valence-corrected chi connectivity index (χ1v) is 8.72. The van der Waals surface area contributed by atoms with Crippen LogP contribution in [0.5, 0.6) is 5.75 Å². The van der Waals surface area contributed by atoms with Crippen LogP contribution in [0.4, 0.5) is 0 Å². The first-order valence-electron chi connectivity index (χ1n) is 8.72. The summed E-state index contributed by atoms with van der Waals surface area (Å²) in [6, 6.07) is 14.4. The van der Waals surface area contributed by atoms with E-state index < -0.39 is 6.10 Å². The minimum Gasteiger partial charge on any atom is -0.480 e. The maximum Gasteiger partial charge on any atom is 0.261 e. The molecule has 0 bridgehead atoms. The van der Waals surface area contributed by atoms with E-state index in [9.17, 15) is 4.79 Å². The summed E-state index contributed by atoms with van der Waals surface area (Å²) in [5.41, 5.74) is 0. The fourth-order valence-corrected chi connectivity index (χ4v) is 3.32. The van der Waals surface area contributed by atoms with Crippen molar-refractivity contribution in [2.24, 2.45) is 0 Å². The normalized spacial score (nSPS) is 16.9. The van der Waals surface area contributed by atoms with E-state index in [1.165, 1.54) is 19.3 Å². The van der Waals surface area contributed by atoms with Gasteiger partial charge >= 0.3 is 0 Å². The van der Waals surface area contributed by atoms with Gasteiger partial charge in [0, 0.05) is 11.4 Å². The lowest BCUT2D eigenvalue weighted by atomic mass is 9.95. The van der Waals surface area contributed by atoms with Crippen LogP contribution in [0, 0.1) is 0 Å². The highest BCUT2D eigenvalue weighted by atomic mass is 16.5. The smallest absolute Gasteiger partial charge is 0.261 e. The van der Waals surface area contributed by atoms with Gasteiger partial charge < -0.3 is 10.1 Å². The topological polar surface area (TPSA) is 38.3 Å². The second-order valence-electron chi connectivity index (χ2n) is 6.34. The van der Waals surface area contributed by atoms with E-state index in [0.29, 0.717) is 12.5 Å². The molecule has 1 atom stereocenters. The lowest BCUT2D eigenvalue weighted by Crippen LogP contribution is -2.44. The highest BCUT2D eigenvalue weighted by Crippen LogP contribution is 2.26. The van der Waals surface area contributed by atoms with E-state index in [-0.39, 0.29) is 5.91 Å². The van der Waals surface area contributed by atoms with E-state index in [1.54, 1.807) is 0 Å². The number of benzene rings is 2. The van der Waals surface area contributed by atoms with Crippen LogP contribution in [0.1, 0.15) is 45.4 Å². The molecule has 1 aliphatic carbocycles. The van der Waals surface area contributed by atoms with Crippen molar-refractivity contribution < 1.29 is 9.53 Å². The molecule has 0 radical (unpaired) electrons.